The van der Waals surface area contributed by atoms with E-state index in [1.807, 2.05) is 111 Å². The molecule has 0 atom stereocenters. The maximum absolute atomic E-state index is 10.9. The summed E-state index contributed by atoms with van der Waals surface area (Å²) in [7, 11) is 0. The Bertz CT molecular complexity index is 3350. The van der Waals surface area contributed by atoms with Crippen molar-refractivity contribution in [2.24, 2.45) is 0 Å². The number of hydrogen-bond donors (Lipinski definition) is 0. The van der Waals surface area contributed by atoms with Crippen LogP contribution in [-0.4, -0.2) is 24.5 Å². The zero-order chi connectivity index (χ0) is 45.9. The Morgan fingerprint density at radius 3 is 1.27 bits per heavy atom. The van der Waals surface area contributed by atoms with Crippen LogP contribution >= 0.6 is 0 Å². The second-order valence-electron chi connectivity index (χ2n) is 16.3. The number of nitriles is 1. The van der Waals surface area contributed by atoms with Gasteiger partial charge in [-0.05, 0) is 73.0 Å². The van der Waals surface area contributed by atoms with Crippen LogP contribution in [0.15, 0.2) is 206 Å². The van der Waals surface area contributed by atoms with E-state index in [1.165, 1.54) is 16.7 Å². The summed E-state index contributed by atoms with van der Waals surface area (Å²) in [5.74, 6) is 0.942. The highest BCUT2D eigenvalue weighted by Gasteiger charge is 2.26. The molecule has 320 valence electrons. The lowest BCUT2D eigenvalue weighted by Crippen LogP contribution is -2.06. The second-order valence-corrected chi connectivity index (χ2v) is 16.3. The van der Waals surface area contributed by atoms with Crippen molar-refractivity contribution in [2.75, 3.05) is 0 Å². The Kier molecular flexibility index (Phi) is 11.6. The van der Waals surface area contributed by atoms with Gasteiger partial charge in [0, 0.05) is 44.2 Å². The minimum absolute atomic E-state index is 0.432. The monoisotopic (exact) mass is 862 g/mol. The molecular formula is C61H46N6. The summed E-state index contributed by atoms with van der Waals surface area (Å²) >= 11 is 0. The molecule has 11 aromatic rings. The number of benzene rings is 8. The van der Waals surface area contributed by atoms with Crippen LogP contribution in [-0.2, 0) is 0 Å². The highest BCUT2D eigenvalue weighted by Crippen LogP contribution is 2.43. The third-order valence-corrected chi connectivity index (χ3v) is 12.0. The standard InChI is InChI=1S/C59H40N6.C2H6/c1-38-27-29-46(39(2)31-38)45-28-30-56-48(34-45)47-25-15-16-26-55(47)65(56)57-49(58-61-51(41-17-7-3-8-18-41)35-52(62-58)42-19-9-4-10-20-42)32-40(37-60)33-50(57)59-63-53(43-21-11-5-12-22-43)36-54(64-59)44-23-13-6-14-24-44;1-2/h3-36H,1-2H3;1-2H3. The van der Waals surface area contributed by atoms with E-state index in [4.69, 9.17) is 19.9 Å². The van der Waals surface area contributed by atoms with Crippen molar-refractivity contribution < 1.29 is 0 Å². The number of nitrogens with zero attached hydrogens (tertiary/aromatic N) is 6. The molecule has 6 heteroatoms. The zero-order valence-corrected chi connectivity index (χ0v) is 37.8. The van der Waals surface area contributed by atoms with E-state index >= 15 is 0 Å². The molecule has 67 heavy (non-hydrogen) atoms. The van der Waals surface area contributed by atoms with Crippen LogP contribution < -0.4 is 0 Å². The second kappa shape index (κ2) is 18.4. The third kappa shape index (κ3) is 8.16. The first-order chi connectivity index (χ1) is 33.0. The van der Waals surface area contributed by atoms with E-state index in [0.717, 1.165) is 78.1 Å². The maximum Gasteiger partial charge on any atom is 0.162 e. The van der Waals surface area contributed by atoms with Crippen molar-refractivity contribution in [1.29, 1.82) is 5.26 Å². The van der Waals surface area contributed by atoms with Crippen LogP contribution in [0.1, 0.15) is 30.5 Å². The van der Waals surface area contributed by atoms with Gasteiger partial charge in [-0.3, -0.25) is 0 Å². The molecule has 6 nitrogen and oxygen atoms in total. The van der Waals surface area contributed by atoms with Gasteiger partial charge >= 0.3 is 0 Å². The third-order valence-electron chi connectivity index (χ3n) is 12.0. The molecule has 3 aromatic heterocycles. The van der Waals surface area contributed by atoms with Gasteiger partial charge in [0.25, 0.3) is 0 Å². The number of para-hydroxylation sites is 1. The summed E-state index contributed by atoms with van der Waals surface area (Å²) < 4.78 is 2.30. The Morgan fingerprint density at radius 2 is 0.821 bits per heavy atom. The molecule has 0 N–H and O–H groups in total. The van der Waals surface area contributed by atoms with E-state index < -0.39 is 0 Å². The number of rotatable bonds is 8. The molecule has 0 aliphatic heterocycles. The highest BCUT2D eigenvalue weighted by molar-refractivity contribution is 6.11. The highest BCUT2D eigenvalue weighted by atomic mass is 15.0. The van der Waals surface area contributed by atoms with E-state index in [0.29, 0.717) is 28.3 Å². The average molecular weight is 863 g/mol. The van der Waals surface area contributed by atoms with Crippen molar-refractivity contribution in [2.45, 2.75) is 27.7 Å². The van der Waals surface area contributed by atoms with E-state index in [1.54, 1.807) is 0 Å². The van der Waals surface area contributed by atoms with E-state index in [-0.39, 0.29) is 0 Å². The first kappa shape index (κ1) is 42.2. The van der Waals surface area contributed by atoms with Gasteiger partial charge in [0.05, 0.1) is 51.1 Å². The Balaban J connectivity index is 0.00000259. The lowest BCUT2D eigenvalue weighted by molar-refractivity contribution is 1.12. The summed E-state index contributed by atoms with van der Waals surface area (Å²) in [6.45, 7) is 8.30. The fourth-order valence-electron chi connectivity index (χ4n) is 8.96. The van der Waals surface area contributed by atoms with Gasteiger partial charge in [-0.25, -0.2) is 19.9 Å². The first-order valence-corrected chi connectivity index (χ1v) is 22.7. The minimum atomic E-state index is 0.432. The molecule has 11 rings (SSSR count). The lowest BCUT2D eigenvalue weighted by atomic mass is 9.97. The van der Waals surface area contributed by atoms with Crippen LogP contribution in [0.2, 0.25) is 0 Å². The topological polar surface area (TPSA) is 80.3 Å². The molecule has 0 aliphatic rings. The normalized spacial score (nSPS) is 11.0. The summed E-state index contributed by atoms with van der Waals surface area (Å²) in [6.07, 6.45) is 0. The molecule has 0 amide bonds. The quantitative estimate of drug-likeness (QED) is 0.152. The molecule has 3 heterocycles. The summed E-state index contributed by atoms with van der Waals surface area (Å²) in [6, 6.07) is 72.9. The average Bonchev–Trinajstić information content (AvgIpc) is 3.72. The van der Waals surface area contributed by atoms with Crippen molar-refractivity contribution in [3.63, 3.8) is 0 Å². The van der Waals surface area contributed by atoms with Gasteiger partial charge in [0.2, 0.25) is 0 Å². The van der Waals surface area contributed by atoms with Crippen molar-refractivity contribution >= 4 is 21.8 Å². The number of fused-ring (bicyclic) bond motifs is 3. The molecular weight excluding hydrogens is 817 g/mol. The molecule has 0 radical (unpaired) electrons. The predicted molar refractivity (Wildman–Crippen MR) is 276 cm³/mol. The molecule has 0 saturated heterocycles. The predicted octanol–water partition coefficient (Wildman–Crippen LogP) is 15.5. The van der Waals surface area contributed by atoms with Crippen LogP contribution in [0.5, 0.6) is 0 Å². The maximum atomic E-state index is 10.9. The fourth-order valence-corrected chi connectivity index (χ4v) is 8.96. The van der Waals surface area contributed by atoms with Crippen LogP contribution in [0, 0.1) is 25.2 Å². The molecule has 0 saturated carbocycles. The molecule has 0 aliphatic carbocycles. The van der Waals surface area contributed by atoms with E-state index in [2.05, 4.69) is 134 Å². The fraction of sp³-hybridized carbons (Fsp3) is 0.0656. The molecule has 0 spiro atoms. The first-order valence-electron chi connectivity index (χ1n) is 22.7. The van der Waals surface area contributed by atoms with Gasteiger partial charge in [-0.2, -0.15) is 5.26 Å². The lowest BCUT2D eigenvalue weighted by Gasteiger charge is -2.20. The Labute approximate surface area is 391 Å². The number of aromatic nitrogens is 5. The van der Waals surface area contributed by atoms with Crippen LogP contribution in [0.4, 0.5) is 0 Å². The van der Waals surface area contributed by atoms with Gasteiger partial charge < -0.3 is 4.57 Å². The molecule has 0 fully saturated rings. The molecule has 0 bridgehead atoms. The van der Waals surface area contributed by atoms with Gasteiger partial charge in [-0.15, -0.1) is 0 Å². The smallest absolute Gasteiger partial charge is 0.162 e. The van der Waals surface area contributed by atoms with Crippen LogP contribution in [0.3, 0.4) is 0 Å². The van der Waals surface area contributed by atoms with Gasteiger partial charge in [-0.1, -0.05) is 183 Å². The van der Waals surface area contributed by atoms with Crippen molar-refractivity contribution in [3.8, 4) is 90.7 Å². The summed E-state index contributed by atoms with van der Waals surface area (Å²) in [5.41, 5.74) is 16.1. The zero-order valence-electron chi connectivity index (χ0n) is 37.8. The largest absolute Gasteiger partial charge is 0.308 e. The van der Waals surface area contributed by atoms with Crippen molar-refractivity contribution in [1.82, 2.24) is 24.5 Å². The van der Waals surface area contributed by atoms with E-state index in [9.17, 15) is 5.26 Å². The van der Waals surface area contributed by atoms with Crippen LogP contribution in [0.25, 0.3) is 106 Å². The number of aryl methyl sites for hydroxylation is 2. The minimum Gasteiger partial charge on any atom is -0.308 e. The van der Waals surface area contributed by atoms with Gasteiger partial charge in [0.15, 0.2) is 11.6 Å². The SMILES string of the molecule is CC.Cc1ccc(-c2ccc3c(c2)c2ccccc2n3-c2c(-c3nc(-c4ccccc4)cc(-c4ccccc4)n3)cc(C#N)cc2-c2nc(-c3ccccc3)cc(-c3ccccc3)n2)c(C)c1. The molecule has 0 unspecified atom stereocenters. The molecule has 8 aromatic carbocycles. The number of hydrogen-bond acceptors (Lipinski definition) is 5. The Morgan fingerprint density at radius 1 is 0.388 bits per heavy atom. The summed E-state index contributed by atoms with van der Waals surface area (Å²) in [4.78, 5) is 21.5. The Hall–Kier alpha value is -8.79. The van der Waals surface area contributed by atoms with Crippen molar-refractivity contribution in [3.05, 3.63) is 223 Å². The summed E-state index contributed by atoms with van der Waals surface area (Å²) in [5, 5.41) is 13.1. The van der Waals surface area contributed by atoms with Gasteiger partial charge in [0.1, 0.15) is 0 Å².